The highest BCUT2D eigenvalue weighted by Crippen LogP contribution is 2.49. The Morgan fingerprint density at radius 3 is 1.64 bits per heavy atom. The zero-order valence-electron chi connectivity index (χ0n) is 32.1. The smallest absolute Gasteiger partial charge is 0.122 e. The van der Waals surface area contributed by atoms with Gasteiger partial charge in [0, 0.05) is 25.0 Å². The van der Waals surface area contributed by atoms with E-state index in [4.69, 9.17) is 9.47 Å². The molecule has 1 atom stereocenters. The van der Waals surface area contributed by atoms with Crippen molar-refractivity contribution in [3.05, 3.63) is 94.0 Å². The molecule has 0 spiro atoms. The maximum atomic E-state index is 6.17. The van der Waals surface area contributed by atoms with Crippen LogP contribution in [0.4, 0.5) is 0 Å². The third-order valence-corrected chi connectivity index (χ3v) is 10.6. The van der Waals surface area contributed by atoms with Gasteiger partial charge in [-0.15, -0.1) is 0 Å². The van der Waals surface area contributed by atoms with Crippen molar-refractivity contribution in [3.63, 3.8) is 0 Å². The average Bonchev–Trinajstić information content (AvgIpc) is 2.99. The van der Waals surface area contributed by atoms with Gasteiger partial charge >= 0.3 is 0 Å². The molecule has 1 unspecified atom stereocenters. The quantitative estimate of drug-likeness (QED) is 0.139. The highest BCUT2D eigenvalue weighted by molar-refractivity contribution is 5.44. The van der Waals surface area contributed by atoms with Crippen LogP contribution < -0.4 is 9.47 Å². The van der Waals surface area contributed by atoms with E-state index in [-0.39, 0.29) is 16.2 Å². The van der Waals surface area contributed by atoms with Crippen LogP contribution in [-0.2, 0) is 22.7 Å². The summed E-state index contributed by atoms with van der Waals surface area (Å²) in [6.07, 6.45) is 3.18. The van der Waals surface area contributed by atoms with Crippen molar-refractivity contribution in [1.82, 2.24) is 14.7 Å². The fourth-order valence-electron chi connectivity index (χ4n) is 6.39. The molecular weight excluding hydrogens is 578 g/mol. The number of rotatable bonds is 18. The molecule has 3 aromatic rings. The zero-order chi connectivity index (χ0) is 35.0. The fraction of sp³-hybridized carbons (Fsp3) is 0.571. The second-order valence-electron chi connectivity index (χ2n) is 15.8. The Balaban J connectivity index is 1.95. The first-order chi connectivity index (χ1) is 22.0. The molecule has 3 aromatic carbocycles. The molecule has 0 aliphatic carbocycles. The van der Waals surface area contributed by atoms with Crippen LogP contribution >= 0.6 is 0 Å². The molecule has 3 rings (SSSR count). The first kappa shape index (κ1) is 38.6. The molecule has 5 nitrogen and oxygen atoms in total. The maximum absolute atomic E-state index is 6.17. The molecule has 0 aliphatic rings. The summed E-state index contributed by atoms with van der Waals surface area (Å²) in [7, 11) is 12.6. The Morgan fingerprint density at radius 1 is 0.553 bits per heavy atom. The van der Waals surface area contributed by atoms with Gasteiger partial charge < -0.3 is 24.2 Å². The number of benzene rings is 3. The molecule has 0 bridgehead atoms. The van der Waals surface area contributed by atoms with Crippen molar-refractivity contribution in [2.24, 2.45) is 0 Å². The molecule has 0 amide bonds. The summed E-state index contributed by atoms with van der Waals surface area (Å²) in [5, 5.41) is 0. The van der Waals surface area contributed by atoms with Crippen molar-refractivity contribution in [2.75, 3.05) is 75.1 Å². The summed E-state index contributed by atoms with van der Waals surface area (Å²) in [4.78, 5) is 6.56. The van der Waals surface area contributed by atoms with E-state index in [0.717, 1.165) is 50.4 Å². The van der Waals surface area contributed by atoms with Crippen molar-refractivity contribution in [2.45, 2.75) is 84.0 Å². The van der Waals surface area contributed by atoms with Gasteiger partial charge in [0.25, 0.3) is 0 Å². The minimum absolute atomic E-state index is 0.0253. The van der Waals surface area contributed by atoms with Crippen LogP contribution in [0.5, 0.6) is 11.5 Å². The summed E-state index contributed by atoms with van der Waals surface area (Å²) in [6, 6.07) is 22.9. The highest BCUT2D eigenvalue weighted by atomic mass is 16.5. The lowest BCUT2D eigenvalue weighted by atomic mass is 9.56. The Bertz CT molecular complexity index is 1410. The lowest BCUT2D eigenvalue weighted by molar-refractivity contribution is 0.231. The number of ether oxygens (including phenoxy) is 2. The third-order valence-electron chi connectivity index (χ3n) is 10.6. The summed E-state index contributed by atoms with van der Waals surface area (Å²) >= 11 is 0. The monoisotopic (exact) mass is 644 g/mol. The van der Waals surface area contributed by atoms with Gasteiger partial charge in [-0.2, -0.15) is 0 Å². The third kappa shape index (κ3) is 10.3. The first-order valence-corrected chi connectivity index (χ1v) is 17.5. The molecule has 0 fully saturated rings. The number of aryl methyl sites for hydroxylation is 2. The highest BCUT2D eigenvalue weighted by Gasteiger charge is 2.44. The molecule has 47 heavy (non-hydrogen) atoms. The second kappa shape index (κ2) is 16.5. The van der Waals surface area contributed by atoms with E-state index in [2.05, 4.69) is 166 Å². The molecule has 5 heteroatoms. The second-order valence-corrected chi connectivity index (χ2v) is 15.8. The molecular formula is C42H65N3O2. The molecule has 0 radical (unpaired) electrons. The van der Waals surface area contributed by atoms with Gasteiger partial charge in [-0.1, -0.05) is 77.1 Å². The SMILES string of the molecule is Cc1cc(C(C)(C)CCC(C)(c2ccc(OCCN(C)C)cc2)C(C)(C)c2ccc(OCCN(C)C)c(C)c2)ccc1CCN(C)C. The normalized spacial score (nSPS) is 13.8. The lowest BCUT2D eigenvalue weighted by Crippen LogP contribution is -2.44. The van der Waals surface area contributed by atoms with E-state index in [1.165, 1.54) is 33.4 Å². The van der Waals surface area contributed by atoms with Gasteiger partial charge in [-0.05, 0) is 138 Å². The summed E-state index contributed by atoms with van der Waals surface area (Å²) in [6.45, 7) is 20.8. The topological polar surface area (TPSA) is 28.2 Å². The van der Waals surface area contributed by atoms with Crippen LogP contribution in [0.1, 0.15) is 80.8 Å². The molecule has 0 heterocycles. The van der Waals surface area contributed by atoms with Crippen LogP contribution in [0.15, 0.2) is 60.7 Å². The fourth-order valence-corrected chi connectivity index (χ4v) is 6.39. The van der Waals surface area contributed by atoms with Crippen molar-refractivity contribution in [1.29, 1.82) is 0 Å². The van der Waals surface area contributed by atoms with E-state index < -0.39 is 0 Å². The summed E-state index contributed by atoms with van der Waals surface area (Å²) < 4.78 is 12.3. The predicted molar refractivity (Wildman–Crippen MR) is 202 cm³/mol. The molecule has 0 saturated carbocycles. The van der Waals surface area contributed by atoms with Gasteiger partial charge in [-0.3, -0.25) is 0 Å². The van der Waals surface area contributed by atoms with E-state index in [1.54, 1.807) is 0 Å². The van der Waals surface area contributed by atoms with Crippen LogP contribution in [0.3, 0.4) is 0 Å². The first-order valence-electron chi connectivity index (χ1n) is 17.5. The Labute approximate surface area is 288 Å². The van der Waals surface area contributed by atoms with Crippen molar-refractivity contribution >= 4 is 0 Å². The Kier molecular flexibility index (Phi) is 13.5. The van der Waals surface area contributed by atoms with Gasteiger partial charge in [-0.25, -0.2) is 0 Å². The van der Waals surface area contributed by atoms with Gasteiger partial charge in [0.05, 0.1) is 0 Å². The zero-order valence-corrected chi connectivity index (χ0v) is 32.1. The predicted octanol–water partition coefficient (Wildman–Crippen LogP) is 8.28. The summed E-state index contributed by atoms with van der Waals surface area (Å²) in [5.41, 5.74) is 7.85. The Morgan fingerprint density at radius 2 is 1.09 bits per heavy atom. The number of likely N-dealkylation sites (N-methyl/N-ethyl adjacent to an activating group) is 3. The van der Waals surface area contributed by atoms with Gasteiger partial charge in [0.1, 0.15) is 24.7 Å². The maximum Gasteiger partial charge on any atom is 0.122 e. The van der Waals surface area contributed by atoms with Crippen LogP contribution in [0.25, 0.3) is 0 Å². The molecule has 0 aliphatic heterocycles. The standard InChI is InChI=1S/C42H65N3O2/c1-32-30-36(15-14-34(32)22-25-43(8)9)40(3,4)23-24-42(7,35-16-19-38(20-17-35)46-28-26-44(10)11)41(5,6)37-18-21-39(33(2)31-37)47-29-27-45(12)13/h14-21,30-31H,22-29H2,1-13H3. The van der Waals surface area contributed by atoms with E-state index in [0.29, 0.717) is 13.2 Å². The molecule has 0 saturated heterocycles. The van der Waals surface area contributed by atoms with Crippen LogP contribution in [-0.4, -0.2) is 89.8 Å². The van der Waals surface area contributed by atoms with Crippen molar-refractivity contribution in [3.8, 4) is 11.5 Å². The average molecular weight is 644 g/mol. The van der Waals surface area contributed by atoms with Gasteiger partial charge in [0.2, 0.25) is 0 Å². The van der Waals surface area contributed by atoms with Crippen LogP contribution in [0, 0.1) is 13.8 Å². The summed E-state index contributed by atoms with van der Waals surface area (Å²) in [5.74, 6) is 1.90. The number of hydrogen-bond acceptors (Lipinski definition) is 5. The minimum Gasteiger partial charge on any atom is -0.492 e. The Hall–Kier alpha value is -2.86. The van der Waals surface area contributed by atoms with E-state index >= 15 is 0 Å². The molecule has 260 valence electrons. The van der Waals surface area contributed by atoms with E-state index in [9.17, 15) is 0 Å². The molecule has 0 N–H and O–H groups in total. The van der Waals surface area contributed by atoms with E-state index in [1.807, 2.05) is 0 Å². The van der Waals surface area contributed by atoms with Crippen LogP contribution in [0.2, 0.25) is 0 Å². The number of hydrogen-bond donors (Lipinski definition) is 0. The number of nitrogens with zero attached hydrogens (tertiary/aromatic N) is 3. The van der Waals surface area contributed by atoms with Crippen molar-refractivity contribution < 1.29 is 9.47 Å². The molecule has 0 aromatic heterocycles. The van der Waals surface area contributed by atoms with Gasteiger partial charge in [0.15, 0.2) is 0 Å². The minimum atomic E-state index is -0.157. The lowest BCUT2D eigenvalue weighted by Gasteiger charge is -2.47. The largest absolute Gasteiger partial charge is 0.492 e.